The summed E-state index contributed by atoms with van der Waals surface area (Å²) in [5.41, 5.74) is 4.19. The number of nitrogens with zero attached hydrogens (tertiary/aromatic N) is 1. The molecule has 0 aliphatic heterocycles. The maximum absolute atomic E-state index is 12.4. The van der Waals surface area contributed by atoms with E-state index in [0.29, 0.717) is 17.0 Å². The number of unbranched alkanes of at least 4 members (excludes halogenated alkanes) is 1. The van der Waals surface area contributed by atoms with Crippen molar-refractivity contribution in [2.24, 2.45) is 0 Å². The van der Waals surface area contributed by atoms with Crippen LogP contribution < -0.4 is 0 Å². The summed E-state index contributed by atoms with van der Waals surface area (Å²) in [5.74, 6) is 0.199. The van der Waals surface area contributed by atoms with Gasteiger partial charge in [0.2, 0.25) is 0 Å². The Labute approximate surface area is 176 Å². The fourth-order valence-electron chi connectivity index (χ4n) is 2.66. The van der Waals surface area contributed by atoms with Crippen molar-refractivity contribution in [2.45, 2.75) is 71.5 Å². The van der Waals surface area contributed by atoms with E-state index in [0.717, 1.165) is 12.3 Å². The predicted molar refractivity (Wildman–Crippen MR) is 115 cm³/mol. The molecule has 0 bridgehead atoms. The average Bonchev–Trinajstić information content (AvgIpc) is 2.67. The zero-order chi connectivity index (χ0) is 22.0. The number of aromatic nitrogens is 1. The summed E-state index contributed by atoms with van der Waals surface area (Å²) in [5, 5.41) is 0.496. The number of aryl methyl sites for hydroxylation is 3. The topological polar surface area (TPSA) is 30.0 Å². The largest absolute Gasteiger partial charge is 0.417 e. The summed E-state index contributed by atoms with van der Waals surface area (Å²) in [6.45, 7) is 9.84. The second-order valence-corrected chi connectivity index (χ2v) is 7.96. The van der Waals surface area contributed by atoms with Crippen molar-refractivity contribution in [1.29, 1.82) is 0 Å². The SMILES string of the molecule is CCCCc1cccc(C)c1C.CCc1cc(C(F)(F)F)cnc1SCC(C)=O. The molecule has 160 valence electrons. The lowest BCUT2D eigenvalue weighted by molar-refractivity contribution is -0.138. The van der Waals surface area contributed by atoms with E-state index in [2.05, 4.69) is 44.0 Å². The number of pyridine rings is 1. The van der Waals surface area contributed by atoms with Gasteiger partial charge in [-0.05, 0) is 68.4 Å². The number of halogens is 3. The van der Waals surface area contributed by atoms with Gasteiger partial charge in [0, 0.05) is 6.20 Å². The molecule has 2 nitrogen and oxygen atoms in total. The molecule has 1 aromatic heterocycles. The third kappa shape index (κ3) is 8.60. The molecule has 0 atom stereocenters. The van der Waals surface area contributed by atoms with Crippen LogP contribution >= 0.6 is 11.8 Å². The van der Waals surface area contributed by atoms with Crippen molar-refractivity contribution in [3.05, 3.63) is 58.3 Å². The fraction of sp³-hybridized carbons (Fsp3) is 0.478. The molecule has 0 radical (unpaired) electrons. The van der Waals surface area contributed by atoms with E-state index in [1.54, 1.807) is 6.92 Å². The minimum Gasteiger partial charge on any atom is -0.299 e. The summed E-state index contributed by atoms with van der Waals surface area (Å²) in [7, 11) is 0. The first kappa shape index (κ1) is 25.2. The van der Waals surface area contributed by atoms with Crippen molar-refractivity contribution in [3.63, 3.8) is 0 Å². The summed E-state index contributed by atoms with van der Waals surface area (Å²) >= 11 is 1.17. The highest BCUT2D eigenvalue weighted by molar-refractivity contribution is 7.99. The summed E-state index contributed by atoms with van der Waals surface area (Å²) in [6, 6.07) is 7.69. The molecule has 0 aliphatic rings. The molecular formula is C23H30F3NOS. The van der Waals surface area contributed by atoms with Crippen LogP contribution in [0.5, 0.6) is 0 Å². The van der Waals surface area contributed by atoms with Crippen LogP contribution in [0.2, 0.25) is 0 Å². The highest BCUT2D eigenvalue weighted by Crippen LogP contribution is 2.31. The lowest BCUT2D eigenvalue weighted by atomic mass is 9.99. The Kier molecular flexibility index (Phi) is 10.4. The Balaban J connectivity index is 0.000000308. The number of rotatable bonds is 7. The van der Waals surface area contributed by atoms with Gasteiger partial charge in [-0.1, -0.05) is 50.2 Å². The number of hydrogen-bond donors (Lipinski definition) is 0. The van der Waals surface area contributed by atoms with E-state index in [9.17, 15) is 18.0 Å². The number of hydrogen-bond acceptors (Lipinski definition) is 3. The summed E-state index contributed by atoms with van der Waals surface area (Å²) in [6.07, 6.45) is 0.723. The lowest BCUT2D eigenvalue weighted by Gasteiger charge is -2.10. The summed E-state index contributed by atoms with van der Waals surface area (Å²) in [4.78, 5) is 14.6. The first-order valence-electron chi connectivity index (χ1n) is 9.83. The van der Waals surface area contributed by atoms with Gasteiger partial charge >= 0.3 is 6.18 Å². The smallest absolute Gasteiger partial charge is 0.299 e. The minimum atomic E-state index is -4.37. The molecule has 0 amide bonds. The number of alkyl halides is 3. The highest BCUT2D eigenvalue weighted by atomic mass is 32.2. The van der Waals surface area contributed by atoms with E-state index in [1.165, 1.54) is 54.6 Å². The van der Waals surface area contributed by atoms with Gasteiger partial charge in [-0.3, -0.25) is 4.79 Å². The van der Waals surface area contributed by atoms with Crippen LogP contribution in [0.1, 0.15) is 61.4 Å². The Hall–Kier alpha value is -1.82. The van der Waals surface area contributed by atoms with Crippen LogP contribution in [0, 0.1) is 13.8 Å². The third-order valence-corrected chi connectivity index (χ3v) is 5.75. The van der Waals surface area contributed by atoms with Crippen molar-refractivity contribution in [1.82, 2.24) is 4.98 Å². The van der Waals surface area contributed by atoms with E-state index in [4.69, 9.17) is 0 Å². The fourth-order valence-corrected chi connectivity index (χ4v) is 3.51. The molecule has 0 unspecified atom stereocenters. The first-order chi connectivity index (χ1) is 13.6. The van der Waals surface area contributed by atoms with Gasteiger partial charge in [0.05, 0.1) is 16.3 Å². The van der Waals surface area contributed by atoms with Crippen LogP contribution in [-0.4, -0.2) is 16.5 Å². The number of Topliss-reactive ketones (excluding diaryl/α,β-unsaturated/α-hetero) is 1. The molecule has 0 N–H and O–H groups in total. The zero-order valence-electron chi connectivity index (χ0n) is 17.8. The maximum atomic E-state index is 12.4. The Morgan fingerprint density at radius 1 is 1.14 bits per heavy atom. The molecule has 6 heteroatoms. The molecule has 2 rings (SSSR count). The molecule has 2 aromatic rings. The average molecular weight is 426 g/mol. The van der Waals surface area contributed by atoms with Gasteiger partial charge in [0.25, 0.3) is 0 Å². The second kappa shape index (κ2) is 12.0. The Bertz CT molecular complexity index is 803. The van der Waals surface area contributed by atoms with Crippen LogP contribution in [0.3, 0.4) is 0 Å². The number of carbonyl (C=O) groups excluding carboxylic acids is 1. The number of benzene rings is 1. The molecule has 0 spiro atoms. The van der Waals surface area contributed by atoms with Crippen LogP contribution in [0.4, 0.5) is 13.2 Å². The van der Waals surface area contributed by atoms with Crippen molar-refractivity contribution in [2.75, 3.05) is 5.75 Å². The molecule has 1 heterocycles. The Morgan fingerprint density at radius 2 is 1.83 bits per heavy atom. The molecule has 0 fully saturated rings. The van der Waals surface area contributed by atoms with Crippen LogP contribution in [-0.2, 0) is 23.8 Å². The number of ketones is 1. The maximum Gasteiger partial charge on any atom is 0.417 e. The van der Waals surface area contributed by atoms with Gasteiger partial charge in [0.1, 0.15) is 5.78 Å². The molecule has 29 heavy (non-hydrogen) atoms. The highest BCUT2D eigenvalue weighted by Gasteiger charge is 2.31. The zero-order valence-corrected chi connectivity index (χ0v) is 18.6. The first-order valence-corrected chi connectivity index (χ1v) is 10.8. The standard InChI is InChI=1S/C12H18.C11H12F3NOS/c1-4-5-8-12-9-6-7-10(2)11(12)3;1-3-8-4-9(11(12,13)14)5-15-10(8)17-6-7(2)16/h6-7,9H,4-5,8H2,1-3H3;4-5H,3,6H2,1-2H3. The van der Waals surface area contributed by atoms with E-state index < -0.39 is 11.7 Å². The third-order valence-electron chi connectivity index (χ3n) is 4.56. The molecule has 0 aliphatic carbocycles. The number of carbonyl (C=O) groups is 1. The molecular weight excluding hydrogens is 395 g/mol. The second-order valence-electron chi connectivity index (χ2n) is 6.99. The van der Waals surface area contributed by atoms with Crippen LogP contribution in [0.25, 0.3) is 0 Å². The van der Waals surface area contributed by atoms with E-state index >= 15 is 0 Å². The van der Waals surface area contributed by atoms with Crippen LogP contribution in [0.15, 0.2) is 35.5 Å². The van der Waals surface area contributed by atoms with E-state index in [-0.39, 0.29) is 11.5 Å². The summed E-state index contributed by atoms with van der Waals surface area (Å²) < 4.78 is 37.3. The van der Waals surface area contributed by atoms with Gasteiger partial charge in [-0.15, -0.1) is 0 Å². The van der Waals surface area contributed by atoms with Crippen molar-refractivity contribution < 1.29 is 18.0 Å². The van der Waals surface area contributed by atoms with Gasteiger partial charge in [0.15, 0.2) is 0 Å². The minimum absolute atomic E-state index is 0.0289. The van der Waals surface area contributed by atoms with Crippen molar-refractivity contribution >= 4 is 17.5 Å². The molecule has 1 aromatic carbocycles. The normalized spacial score (nSPS) is 11.0. The van der Waals surface area contributed by atoms with E-state index in [1.807, 2.05) is 0 Å². The van der Waals surface area contributed by atoms with Gasteiger partial charge in [-0.2, -0.15) is 13.2 Å². The quantitative estimate of drug-likeness (QED) is 0.448. The molecule has 0 saturated carbocycles. The van der Waals surface area contributed by atoms with Gasteiger partial charge in [-0.25, -0.2) is 4.98 Å². The predicted octanol–water partition coefficient (Wildman–Crippen LogP) is 6.99. The number of thioether (sulfide) groups is 1. The Morgan fingerprint density at radius 3 is 2.38 bits per heavy atom. The molecule has 0 saturated heterocycles. The lowest BCUT2D eigenvalue weighted by Crippen LogP contribution is -2.07. The monoisotopic (exact) mass is 425 g/mol. The van der Waals surface area contributed by atoms with Gasteiger partial charge < -0.3 is 0 Å². The van der Waals surface area contributed by atoms with Crippen molar-refractivity contribution in [3.8, 4) is 0 Å².